The highest BCUT2D eigenvalue weighted by Gasteiger charge is 2.39. The predicted octanol–water partition coefficient (Wildman–Crippen LogP) is 3.40. The van der Waals surface area contributed by atoms with Crippen LogP contribution < -0.4 is 25.6 Å². The Bertz CT molecular complexity index is 1860. The van der Waals surface area contributed by atoms with Gasteiger partial charge in [-0.15, -0.1) is 10.2 Å². The summed E-state index contributed by atoms with van der Waals surface area (Å²) in [5.41, 5.74) is 5.60. The van der Waals surface area contributed by atoms with Crippen LogP contribution in [-0.2, 0) is 4.79 Å². The number of aromatic nitrogens is 5. The van der Waals surface area contributed by atoms with Crippen molar-refractivity contribution >= 4 is 40.6 Å². The number of benzene rings is 1. The quantitative estimate of drug-likeness (QED) is 0.266. The van der Waals surface area contributed by atoms with Gasteiger partial charge in [0.2, 0.25) is 11.8 Å². The molecule has 1 saturated heterocycles. The largest absolute Gasteiger partial charge is 0.481 e. The molecule has 14 nitrogen and oxygen atoms in total. The first-order chi connectivity index (χ1) is 22.3. The molecule has 236 valence electrons. The number of pyridine rings is 1. The molecule has 3 aliphatic rings. The van der Waals surface area contributed by atoms with Gasteiger partial charge in [0.1, 0.15) is 5.69 Å². The standard InChI is InChI=1S/C32H34N10O4/c1-17-28-21(14-34-42(28)19-15-41(16-19)32(45)23-9-6-10-26(36-23)46-4)20-7-5-8-22(29(20)40(17)3)35-24-13-25(37-30(43)18-11-12-18)38-39-27(24)31(44)33-2/h5-10,13-14,17-19H,11-12,15-16H2,1-4H3,(H,33,44)(H2,35,37,38,43)/t17-/m0/s1. The number of carbonyl (C=O) groups is 3. The molecule has 0 bridgehead atoms. The molecule has 1 aromatic carbocycles. The van der Waals surface area contributed by atoms with E-state index >= 15 is 0 Å². The lowest BCUT2D eigenvalue weighted by Gasteiger charge is -2.42. The molecule has 4 aromatic rings. The number of amides is 3. The van der Waals surface area contributed by atoms with Crippen molar-refractivity contribution in [1.29, 1.82) is 0 Å². The lowest BCUT2D eigenvalue weighted by molar-refractivity contribution is -0.117. The van der Waals surface area contributed by atoms with E-state index in [1.807, 2.05) is 36.1 Å². The Balaban J connectivity index is 1.16. The Morgan fingerprint density at radius 1 is 1.00 bits per heavy atom. The number of carbonyl (C=O) groups excluding carboxylic acids is 3. The van der Waals surface area contributed by atoms with Crippen molar-refractivity contribution in [2.45, 2.75) is 31.8 Å². The lowest BCUT2D eigenvalue weighted by atomic mass is 9.93. The van der Waals surface area contributed by atoms with Crippen molar-refractivity contribution in [2.75, 3.05) is 49.8 Å². The van der Waals surface area contributed by atoms with Crippen LogP contribution in [0.1, 0.15) is 58.5 Å². The minimum absolute atomic E-state index is 0.00306. The van der Waals surface area contributed by atoms with E-state index < -0.39 is 5.91 Å². The number of nitrogens with one attached hydrogen (secondary N) is 3. The molecular weight excluding hydrogens is 588 g/mol. The van der Waals surface area contributed by atoms with Gasteiger partial charge in [-0.3, -0.25) is 19.1 Å². The highest BCUT2D eigenvalue weighted by molar-refractivity contribution is 6.01. The first-order valence-electron chi connectivity index (χ1n) is 15.2. The van der Waals surface area contributed by atoms with Crippen molar-refractivity contribution in [1.82, 2.24) is 35.2 Å². The molecule has 0 unspecified atom stereocenters. The molecule has 1 saturated carbocycles. The van der Waals surface area contributed by atoms with Gasteiger partial charge in [0.15, 0.2) is 11.5 Å². The van der Waals surface area contributed by atoms with E-state index in [0.29, 0.717) is 30.4 Å². The first-order valence-corrected chi connectivity index (χ1v) is 15.2. The average Bonchev–Trinajstić information content (AvgIpc) is 3.82. The van der Waals surface area contributed by atoms with Crippen LogP contribution in [0.2, 0.25) is 0 Å². The van der Waals surface area contributed by atoms with Crippen LogP contribution in [0.25, 0.3) is 11.1 Å². The van der Waals surface area contributed by atoms with Gasteiger partial charge in [-0.25, -0.2) is 4.98 Å². The second kappa shape index (κ2) is 11.4. The monoisotopic (exact) mass is 622 g/mol. The summed E-state index contributed by atoms with van der Waals surface area (Å²) in [7, 11) is 5.08. The SMILES string of the molecule is CNC(=O)c1nnc(NC(=O)C2CC2)cc1Nc1cccc2c1N(C)[C@@H](C)c1c-2cnn1C1CN(C(=O)c2cccc(OC)n2)C1. The molecule has 46 heavy (non-hydrogen) atoms. The second-order valence-corrected chi connectivity index (χ2v) is 11.8. The van der Waals surface area contributed by atoms with E-state index in [0.717, 1.165) is 41.0 Å². The van der Waals surface area contributed by atoms with Crippen LogP contribution in [0.15, 0.2) is 48.7 Å². The Kier molecular flexibility index (Phi) is 7.26. The van der Waals surface area contributed by atoms with Gasteiger partial charge < -0.3 is 30.5 Å². The van der Waals surface area contributed by atoms with Gasteiger partial charge in [-0.2, -0.15) is 5.10 Å². The van der Waals surface area contributed by atoms with Crippen LogP contribution in [0, 0.1) is 5.92 Å². The molecule has 2 fully saturated rings. The van der Waals surface area contributed by atoms with Crippen LogP contribution in [0.4, 0.5) is 22.9 Å². The van der Waals surface area contributed by atoms with Crippen molar-refractivity contribution in [3.8, 4) is 17.0 Å². The molecular formula is C32H34N10O4. The fourth-order valence-corrected chi connectivity index (χ4v) is 6.04. The number of rotatable bonds is 8. The van der Waals surface area contributed by atoms with Gasteiger partial charge in [-0.05, 0) is 31.9 Å². The molecule has 0 radical (unpaired) electrons. The van der Waals surface area contributed by atoms with E-state index in [-0.39, 0.29) is 41.3 Å². The summed E-state index contributed by atoms with van der Waals surface area (Å²) in [6.07, 6.45) is 3.60. The van der Waals surface area contributed by atoms with Crippen LogP contribution in [0.3, 0.4) is 0 Å². The molecule has 3 amide bonds. The number of nitrogens with zero attached hydrogens (tertiary/aromatic N) is 7. The summed E-state index contributed by atoms with van der Waals surface area (Å²) >= 11 is 0. The number of ether oxygens (including phenoxy) is 1. The molecule has 3 aromatic heterocycles. The molecule has 14 heteroatoms. The zero-order valence-corrected chi connectivity index (χ0v) is 25.9. The van der Waals surface area contributed by atoms with E-state index in [4.69, 9.17) is 9.84 Å². The molecule has 1 aliphatic carbocycles. The van der Waals surface area contributed by atoms with Crippen LogP contribution in [0.5, 0.6) is 5.88 Å². The number of likely N-dealkylation sites (tertiary alicyclic amines) is 1. The summed E-state index contributed by atoms with van der Waals surface area (Å²) < 4.78 is 7.21. The normalized spacial score (nSPS) is 17.0. The minimum atomic E-state index is -0.402. The van der Waals surface area contributed by atoms with Gasteiger partial charge in [-0.1, -0.05) is 18.2 Å². The molecule has 3 N–H and O–H groups in total. The topological polar surface area (TPSA) is 160 Å². The zero-order chi connectivity index (χ0) is 32.1. The fraction of sp³-hybridized carbons (Fsp3) is 0.344. The Labute approximate surface area is 265 Å². The third kappa shape index (κ3) is 5.04. The maximum absolute atomic E-state index is 13.1. The smallest absolute Gasteiger partial charge is 0.273 e. The van der Waals surface area contributed by atoms with E-state index in [2.05, 4.69) is 43.0 Å². The van der Waals surface area contributed by atoms with Crippen molar-refractivity contribution < 1.29 is 19.1 Å². The van der Waals surface area contributed by atoms with Crippen LogP contribution in [-0.4, -0.2) is 81.9 Å². The summed E-state index contributed by atoms with van der Waals surface area (Å²) in [6.45, 7) is 3.16. The first kappa shape index (κ1) is 29.2. The summed E-state index contributed by atoms with van der Waals surface area (Å²) in [6, 6.07) is 12.7. The summed E-state index contributed by atoms with van der Waals surface area (Å²) in [4.78, 5) is 46.4. The van der Waals surface area contributed by atoms with Crippen molar-refractivity contribution in [3.05, 3.63) is 65.7 Å². The number of para-hydroxylation sites is 1. The molecule has 2 aliphatic heterocycles. The Morgan fingerprint density at radius 3 is 2.52 bits per heavy atom. The van der Waals surface area contributed by atoms with Gasteiger partial charge in [0.25, 0.3) is 11.8 Å². The number of hydrogen-bond donors (Lipinski definition) is 3. The lowest BCUT2D eigenvalue weighted by Crippen LogP contribution is -2.51. The van der Waals surface area contributed by atoms with E-state index in [1.165, 1.54) is 14.2 Å². The van der Waals surface area contributed by atoms with Gasteiger partial charge in [0.05, 0.1) is 48.1 Å². The summed E-state index contributed by atoms with van der Waals surface area (Å²) in [5, 5.41) is 21.9. The number of hydrogen-bond acceptors (Lipinski definition) is 10. The van der Waals surface area contributed by atoms with Crippen LogP contribution >= 0.6 is 0 Å². The third-order valence-corrected chi connectivity index (χ3v) is 8.84. The number of anilines is 4. The van der Waals surface area contributed by atoms with Gasteiger partial charge >= 0.3 is 0 Å². The second-order valence-electron chi connectivity index (χ2n) is 11.8. The maximum atomic E-state index is 13.1. The van der Waals surface area contributed by atoms with Crippen molar-refractivity contribution in [2.24, 2.45) is 5.92 Å². The molecule has 5 heterocycles. The van der Waals surface area contributed by atoms with E-state index in [1.54, 1.807) is 29.2 Å². The minimum Gasteiger partial charge on any atom is -0.481 e. The number of methoxy groups -OCH3 is 1. The fourth-order valence-electron chi connectivity index (χ4n) is 6.04. The van der Waals surface area contributed by atoms with Gasteiger partial charge in [0, 0.05) is 56.4 Å². The third-order valence-electron chi connectivity index (χ3n) is 8.84. The molecule has 0 spiro atoms. The summed E-state index contributed by atoms with van der Waals surface area (Å²) in [5.74, 6) is 0.0344. The van der Waals surface area contributed by atoms with Crippen molar-refractivity contribution in [3.63, 3.8) is 0 Å². The molecule has 1 atom stereocenters. The number of fused-ring (bicyclic) bond motifs is 3. The Morgan fingerprint density at radius 2 is 1.78 bits per heavy atom. The maximum Gasteiger partial charge on any atom is 0.273 e. The predicted molar refractivity (Wildman–Crippen MR) is 170 cm³/mol. The highest BCUT2D eigenvalue weighted by atomic mass is 16.5. The highest BCUT2D eigenvalue weighted by Crippen LogP contribution is 2.49. The Hall–Kier alpha value is -5.53. The zero-order valence-electron chi connectivity index (χ0n) is 25.9. The average molecular weight is 623 g/mol. The van der Waals surface area contributed by atoms with E-state index in [9.17, 15) is 14.4 Å². The molecule has 7 rings (SSSR count).